The second kappa shape index (κ2) is 5.98. The lowest BCUT2D eigenvalue weighted by molar-refractivity contribution is 0.188. The van der Waals surface area contributed by atoms with Crippen molar-refractivity contribution in [2.45, 2.75) is 12.5 Å². The van der Waals surface area contributed by atoms with Crippen molar-refractivity contribution in [3.8, 4) is 0 Å². The lowest BCUT2D eigenvalue weighted by Gasteiger charge is -2.12. The average molecular weight is 285 g/mol. The molecule has 0 aliphatic carbocycles. The van der Waals surface area contributed by atoms with Crippen molar-refractivity contribution in [2.24, 2.45) is 0 Å². The summed E-state index contributed by atoms with van der Waals surface area (Å²) in [5.41, 5.74) is 1.13. The van der Waals surface area contributed by atoms with Gasteiger partial charge in [0, 0.05) is 13.0 Å². The van der Waals surface area contributed by atoms with Gasteiger partial charge in [-0.2, -0.15) is 0 Å². The van der Waals surface area contributed by atoms with E-state index in [-0.39, 0.29) is 0 Å². The Morgan fingerprint density at radius 1 is 1.15 bits per heavy atom. The smallest absolute Gasteiger partial charge is 0.138 e. The van der Waals surface area contributed by atoms with Crippen LogP contribution in [0.4, 0.5) is 5.82 Å². The number of hydrogen-bond donors (Lipinski definition) is 2. The Morgan fingerprint density at radius 3 is 2.85 bits per heavy atom. The van der Waals surface area contributed by atoms with E-state index in [0.717, 1.165) is 21.6 Å². The summed E-state index contributed by atoms with van der Waals surface area (Å²) in [5.74, 6) is 0.781. The molecule has 2 N–H and O–H groups in total. The van der Waals surface area contributed by atoms with Gasteiger partial charge in [0.15, 0.2) is 0 Å². The van der Waals surface area contributed by atoms with E-state index in [9.17, 15) is 5.11 Å². The van der Waals surface area contributed by atoms with Gasteiger partial charge in [-0.3, -0.25) is 0 Å². The standard InChI is InChI=1S/C15H15N3OS/c19-12(8-11-4-2-1-3-5-11)9-16-14-13-6-7-20-15(13)18-10-17-14/h1-7,10,12,19H,8-9H2,(H,16,17,18). The molecule has 1 aromatic carbocycles. The van der Waals surface area contributed by atoms with Gasteiger partial charge in [0.25, 0.3) is 0 Å². The zero-order valence-corrected chi connectivity index (χ0v) is 11.7. The Balaban J connectivity index is 1.63. The molecule has 0 spiro atoms. The summed E-state index contributed by atoms with van der Waals surface area (Å²) in [7, 11) is 0. The maximum absolute atomic E-state index is 10.1. The number of fused-ring (bicyclic) bond motifs is 1. The summed E-state index contributed by atoms with van der Waals surface area (Å²) in [6.07, 6.45) is 1.73. The number of anilines is 1. The molecule has 0 radical (unpaired) electrons. The first kappa shape index (κ1) is 13.0. The van der Waals surface area contributed by atoms with Crippen LogP contribution >= 0.6 is 11.3 Å². The van der Waals surface area contributed by atoms with Crippen LogP contribution in [0.3, 0.4) is 0 Å². The number of aromatic nitrogens is 2. The van der Waals surface area contributed by atoms with Gasteiger partial charge in [0.05, 0.1) is 11.5 Å². The van der Waals surface area contributed by atoms with Gasteiger partial charge in [-0.1, -0.05) is 30.3 Å². The predicted molar refractivity (Wildman–Crippen MR) is 82.1 cm³/mol. The van der Waals surface area contributed by atoms with Crippen LogP contribution in [0.1, 0.15) is 5.56 Å². The molecule has 3 rings (SSSR count). The molecule has 0 saturated carbocycles. The third-order valence-corrected chi connectivity index (χ3v) is 3.90. The van der Waals surface area contributed by atoms with Crippen molar-refractivity contribution in [2.75, 3.05) is 11.9 Å². The Kier molecular flexibility index (Phi) is 3.90. The molecule has 1 atom stereocenters. The summed E-state index contributed by atoms with van der Waals surface area (Å²) in [5, 5.41) is 16.3. The Labute approximate surface area is 121 Å². The number of thiophene rings is 1. The summed E-state index contributed by atoms with van der Waals surface area (Å²) < 4.78 is 0. The molecule has 0 fully saturated rings. The van der Waals surface area contributed by atoms with E-state index >= 15 is 0 Å². The molecular weight excluding hydrogens is 270 g/mol. The van der Waals surface area contributed by atoms with Crippen molar-refractivity contribution >= 4 is 27.4 Å². The third-order valence-electron chi connectivity index (χ3n) is 3.08. The van der Waals surface area contributed by atoms with E-state index in [1.54, 1.807) is 17.7 Å². The average Bonchev–Trinajstić information content (AvgIpc) is 2.95. The van der Waals surface area contributed by atoms with Gasteiger partial charge in [-0.05, 0) is 17.0 Å². The van der Waals surface area contributed by atoms with E-state index in [2.05, 4.69) is 15.3 Å². The zero-order chi connectivity index (χ0) is 13.8. The van der Waals surface area contributed by atoms with Gasteiger partial charge in [0.2, 0.25) is 0 Å². The lowest BCUT2D eigenvalue weighted by atomic mass is 10.1. The topological polar surface area (TPSA) is 58.0 Å². The van der Waals surface area contributed by atoms with E-state index < -0.39 is 6.10 Å². The monoisotopic (exact) mass is 285 g/mol. The maximum atomic E-state index is 10.1. The largest absolute Gasteiger partial charge is 0.391 e. The minimum atomic E-state index is -0.443. The first-order valence-electron chi connectivity index (χ1n) is 6.47. The highest BCUT2D eigenvalue weighted by atomic mass is 32.1. The van der Waals surface area contributed by atoms with Crippen LogP contribution in [0.5, 0.6) is 0 Å². The number of aliphatic hydroxyl groups excluding tert-OH is 1. The Hall–Kier alpha value is -1.98. The maximum Gasteiger partial charge on any atom is 0.138 e. The SMILES string of the molecule is OC(CNc1ncnc2sccc12)Cc1ccccc1. The molecule has 5 heteroatoms. The molecule has 3 aromatic rings. The molecule has 0 aliphatic heterocycles. The number of rotatable bonds is 5. The Bertz CT molecular complexity index is 684. The van der Waals surface area contributed by atoms with Crippen molar-refractivity contribution in [1.82, 2.24) is 9.97 Å². The van der Waals surface area contributed by atoms with E-state index in [0.29, 0.717) is 13.0 Å². The minimum absolute atomic E-state index is 0.443. The lowest BCUT2D eigenvalue weighted by Crippen LogP contribution is -2.22. The molecule has 2 heterocycles. The first-order valence-corrected chi connectivity index (χ1v) is 7.35. The minimum Gasteiger partial charge on any atom is -0.391 e. The van der Waals surface area contributed by atoms with Crippen molar-refractivity contribution in [3.63, 3.8) is 0 Å². The van der Waals surface area contributed by atoms with Gasteiger partial charge in [0.1, 0.15) is 17.0 Å². The molecule has 1 unspecified atom stereocenters. The first-order chi connectivity index (χ1) is 9.83. The van der Waals surface area contributed by atoms with Crippen LogP contribution in [0.25, 0.3) is 10.2 Å². The number of aliphatic hydroxyl groups is 1. The van der Waals surface area contributed by atoms with Gasteiger partial charge in [-0.25, -0.2) is 9.97 Å². The van der Waals surface area contributed by atoms with Gasteiger partial charge in [-0.15, -0.1) is 11.3 Å². The highest BCUT2D eigenvalue weighted by Crippen LogP contribution is 2.23. The molecule has 0 saturated heterocycles. The van der Waals surface area contributed by atoms with Gasteiger partial charge < -0.3 is 10.4 Å². The second-order valence-electron chi connectivity index (χ2n) is 4.59. The van der Waals surface area contributed by atoms with Crippen LogP contribution in [0.15, 0.2) is 48.1 Å². The van der Waals surface area contributed by atoms with Crippen LogP contribution < -0.4 is 5.32 Å². The summed E-state index contributed by atoms with van der Waals surface area (Å²) in [6.45, 7) is 0.469. The van der Waals surface area contributed by atoms with Crippen LogP contribution in [0.2, 0.25) is 0 Å². The highest BCUT2D eigenvalue weighted by molar-refractivity contribution is 7.16. The molecule has 0 amide bonds. The normalized spacial score (nSPS) is 12.4. The van der Waals surface area contributed by atoms with E-state index in [4.69, 9.17) is 0 Å². The molecule has 0 bridgehead atoms. The number of nitrogens with zero attached hydrogens (tertiary/aromatic N) is 2. The molecule has 102 valence electrons. The van der Waals surface area contributed by atoms with Crippen LogP contribution in [-0.2, 0) is 6.42 Å². The Morgan fingerprint density at radius 2 is 2.00 bits per heavy atom. The predicted octanol–water partition coefficient (Wildman–Crippen LogP) is 2.71. The molecule has 2 aromatic heterocycles. The third kappa shape index (κ3) is 2.95. The van der Waals surface area contributed by atoms with Crippen molar-refractivity contribution in [3.05, 3.63) is 53.7 Å². The quantitative estimate of drug-likeness (QED) is 0.757. The second-order valence-corrected chi connectivity index (χ2v) is 5.48. The molecule has 4 nitrogen and oxygen atoms in total. The summed E-state index contributed by atoms with van der Waals surface area (Å²) >= 11 is 1.58. The van der Waals surface area contributed by atoms with Crippen LogP contribution in [0, 0.1) is 0 Å². The van der Waals surface area contributed by atoms with Crippen LogP contribution in [-0.4, -0.2) is 27.7 Å². The summed E-state index contributed by atoms with van der Waals surface area (Å²) in [4.78, 5) is 9.39. The highest BCUT2D eigenvalue weighted by Gasteiger charge is 2.08. The van der Waals surface area contributed by atoms with Crippen molar-refractivity contribution in [1.29, 1.82) is 0 Å². The van der Waals surface area contributed by atoms with E-state index in [1.165, 1.54) is 0 Å². The van der Waals surface area contributed by atoms with Gasteiger partial charge >= 0.3 is 0 Å². The number of hydrogen-bond acceptors (Lipinski definition) is 5. The molecule has 0 aliphatic rings. The molecular formula is C15H15N3OS. The fourth-order valence-electron chi connectivity index (χ4n) is 2.10. The zero-order valence-electron chi connectivity index (χ0n) is 10.9. The number of benzene rings is 1. The van der Waals surface area contributed by atoms with E-state index in [1.807, 2.05) is 41.8 Å². The fraction of sp³-hybridized carbons (Fsp3) is 0.200. The number of nitrogens with one attached hydrogen (secondary N) is 1. The molecule has 20 heavy (non-hydrogen) atoms. The van der Waals surface area contributed by atoms with Crippen molar-refractivity contribution < 1.29 is 5.11 Å². The fourth-order valence-corrected chi connectivity index (χ4v) is 2.84. The summed E-state index contributed by atoms with van der Waals surface area (Å²) in [6, 6.07) is 12.0.